The van der Waals surface area contributed by atoms with Crippen LogP contribution in [0.5, 0.6) is 11.5 Å². The van der Waals surface area contributed by atoms with E-state index in [9.17, 15) is 15.0 Å². The number of thiophene rings is 1. The number of carboxylic acids is 1. The fourth-order valence-electron chi connectivity index (χ4n) is 2.35. The van der Waals surface area contributed by atoms with E-state index in [-0.39, 0.29) is 28.0 Å². The summed E-state index contributed by atoms with van der Waals surface area (Å²) in [6.45, 7) is 2.10. The predicted molar refractivity (Wildman–Crippen MR) is 99.4 cm³/mol. The van der Waals surface area contributed by atoms with Gasteiger partial charge in [0.05, 0.1) is 11.6 Å². The van der Waals surface area contributed by atoms with Crippen LogP contribution >= 0.6 is 22.9 Å². The number of ether oxygens (including phenoxy) is 1. The molecular formula is C18H14ClN2O5S-. The second-order valence-electron chi connectivity index (χ2n) is 5.44. The standard InChI is InChI=1S/C18H15ClN2O5S/c1-2-25-14-7-10(6-13(19)16(14)24)5-12(8-15(22)23)18-20-17(21-26-18)11-3-4-27-9-11/h3-7,9,24H,2,8H2,1H3,(H,22,23)/p-1/b12-5+. The smallest absolute Gasteiger partial charge is 0.254 e. The van der Waals surface area contributed by atoms with Gasteiger partial charge in [-0.1, -0.05) is 16.8 Å². The minimum Gasteiger partial charge on any atom is -0.550 e. The summed E-state index contributed by atoms with van der Waals surface area (Å²) in [6.07, 6.45) is 1.09. The lowest BCUT2D eigenvalue weighted by Gasteiger charge is -2.09. The topological polar surface area (TPSA) is 109 Å². The monoisotopic (exact) mass is 405 g/mol. The van der Waals surface area contributed by atoms with Crippen molar-refractivity contribution in [1.82, 2.24) is 10.1 Å². The number of carboxylic acid groups (broad SMARTS) is 1. The van der Waals surface area contributed by atoms with Crippen LogP contribution in [-0.2, 0) is 4.79 Å². The zero-order valence-electron chi connectivity index (χ0n) is 14.1. The lowest BCUT2D eigenvalue weighted by Crippen LogP contribution is -2.22. The van der Waals surface area contributed by atoms with Crippen LogP contribution in [0.25, 0.3) is 23.0 Å². The highest BCUT2D eigenvalue weighted by atomic mass is 35.5. The number of halogens is 1. The third-order valence-corrected chi connectivity index (χ3v) is 4.48. The molecule has 9 heteroatoms. The number of aliphatic carboxylic acids is 1. The van der Waals surface area contributed by atoms with Gasteiger partial charge in [-0.3, -0.25) is 0 Å². The summed E-state index contributed by atoms with van der Waals surface area (Å²) in [5.74, 6) is -0.883. The second kappa shape index (κ2) is 8.24. The Kier molecular flexibility index (Phi) is 5.78. The zero-order valence-corrected chi connectivity index (χ0v) is 15.7. The van der Waals surface area contributed by atoms with E-state index in [1.54, 1.807) is 6.92 Å². The van der Waals surface area contributed by atoms with Gasteiger partial charge in [-0.25, -0.2) is 0 Å². The molecule has 0 fully saturated rings. The van der Waals surface area contributed by atoms with Gasteiger partial charge < -0.3 is 24.3 Å². The van der Waals surface area contributed by atoms with E-state index < -0.39 is 12.4 Å². The molecule has 0 aliphatic carbocycles. The third-order valence-electron chi connectivity index (χ3n) is 3.51. The summed E-state index contributed by atoms with van der Waals surface area (Å²) in [6, 6.07) is 4.84. The lowest BCUT2D eigenvalue weighted by molar-refractivity contribution is -0.304. The van der Waals surface area contributed by atoms with Crippen molar-refractivity contribution in [3.05, 3.63) is 45.4 Å². The van der Waals surface area contributed by atoms with Gasteiger partial charge in [0.2, 0.25) is 5.82 Å². The maximum absolute atomic E-state index is 11.2. The van der Waals surface area contributed by atoms with Gasteiger partial charge in [0.15, 0.2) is 11.5 Å². The molecule has 0 atom stereocenters. The molecule has 2 aromatic heterocycles. The summed E-state index contributed by atoms with van der Waals surface area (Å²) in [5, 5.41) is 28.8. The Morgan fingerprint density at radius 1 is 1.48 bits per heavy atom. The first kappa shape index (κ1) is 18.9. The molecule has 0 saturated heterocycles. The SMILES string of the molecule is CCOc1cc(/C=C(\CC(=O)[O-])c2nc(-c3ccsc3)no2)cc(Cl)c1O. The highest BCUT2D eigenvalue weighted by molar-refractivity contribution is 7.08. The maximum atomic E-state index is 11.2. The van der Waals surface area contributed by atoms with Gasteiger partial charge in [-0.05, 0) is 42.1 Å². The fourth-order valence-corrected chi connectivity index (χ4v) is 3.20. The molecule has 140 valence electrons. The molecule has 0 unspecified atom stereocenters. The summed E-state index contributed by atoms with van der Waals surface area (Å²) >= 11 is 7.51. The van der Waals surface area contributed by atoms with E-state index in [1.807, 2.05) is 16.8 Å². The molecule has 0 aliphatic rings. The van der Waals surface area contributed by atoms with Crippen molar-refractivity contribution in [2.75, 3.05) is 6.61 Å². The number of phenols is 1. The molecule has 3 aromatic rings. The number of nitrogens with zero attached hydrogens (tertiary/aromatic N) is 2. The van der Waals surface area contributed by atoms with Crippen molar-refractivity contribution in [3.8, 4) is 22.9 Å². The van der Waals surface area contributed by atoms with Crippen molar-refractivity contribution in [2.24, 2.45) is 0 Å². The van der Waals surface area contributed by atoms with E-state index in [0.29, 0.717) is 18.0 Å². The number of hydrogen-bond acceptors (Lipinski definition) is 8. The van der Waals surface area contributed by atoms with Crippen molar-refractivity contribution in [3.63, 3.8) is 0 Å². The zero-order chi connectivity index (χ0) is 19.4. The van der Waals surface area contributed by atoms with Crippen LogP contribution in [0.2, 0.25) is 5.02 Å². The van der Waals surface area contributed by atoms with E-state index in [1.165, 1.54) is 29.5 Å². The van der Waals surface area contributed by atoms with Crippen LogP contribution in [0.4, 0.5) is 0 Å². The number of phenolic OH excluding ortho intramolecular Hbond substituents is 1. The van der Waals surface area contributed by atoms with Gasteiger partial charge in [0, 0.05) is 28.9 Å². The molecule has 0 spiro atoms. The van der Waals surface area contributed by atoms with Gasteiger partial charge in [0.1, 0.15) is 0 Å². The number of rotatable bonds is 7. The molecule has 2 heterocycles. The first-order chi connectivity index (χ1) is 13.0. The Labute approximate surface area is 163 Å². The second-order valence-corrected chi connectivity index (χ2v) is 6.62. The van der Waals surface area contributed by atoms with Crippen LogP contribution < -0.4 is 9.84 Å². The Hall–Kier alpha value is -2.84. The molecule has 1 N–H and O–H groups in total. The minimum absolute atomic E-state index is 0.0579. The predicted octanol–water partition coefficient (Wildman–Crippen LogP) is 3.24. The molecule has 0 saturated carbocycles. The number of hydrogen-bond donors (Lipinski definition) is 1. The number of carbonyl (C=O) groups is 1. The minimum atomic E-state index is -1.30. The van der Waals surface area contributed by atoms with Crippen molar-refractivity contribution in [2.45, 2.75) is 13.3 Å². The van der Waals surface area contributed by atoms with Crippen molar-refractivity contribution in [1.29, 1.82) is 0 Å². The van der Waals surface area contributed by atoms with Gasteiger partial charge >= 0.3 is 0 Å². The first-order valence-corrected chi connectivity index (χ1v) is 9.22. The molecule has 7 nitrogen and oxygen atoms in total. The lowest BCUT2D eigenvalue weighted by atomic mass is 10.1. The first-order valence-electron chi connectivity index (χ1n) is 7.90. The highest BCUT2D eigenvalue weighted by Gasteiger charge is 2.15. The average molecular weight is 406 g/mol. The van der Waals surface area contributed by atoms with Gasteiger partial charge in [-0.2, -0.15) is 16.3 Å². The van der Waals surface area contributed by atoms with Crippen molar-refractivity contribution < 1.29 is 24.3 Å². The molecule has 3 rings (SSSR count). The average Bonchev–Trinajstić information content (AvgIpc) is 3.29. The fraction of sp³-hybridized carbons (Fsp3) is 0.167. The summed E-state index contributed by atoms with van der Waals surface area (Å²) in [4.78, 5) is 15.4. The molecule has 0 bridgehead atoms. The Morgan fingerprint density at radius 3 is 2.96 bits per heavy atom. The van der Waals surface area contributed by atoms with E-state index in [0.717, 1.165) is 5.56 Å². The van der Waals surface area contributed by atoms with Crippen LogP contribution in [0.3, 0.4) is 0 Å². The van der Waals surface area contributed by atoms with Crippen LogP contribution in [0.1, 0.15) is 24.8 Å². The molecule has 27 heavy (non-hydrogen) atoms. The largest absolute Gasteiger partial charge is 0.550 e. The van der Waals surface area contributed by atoms with E-state index in [4.69, 9.17) is 20.9 Å². The summed E-state index contributed by atoms with van der Waals surface area (Å²) in [5.41, 5.74) is 1.52. The molecule has 0 aliphatic heterocycles. The van der Waals surface area contributed by atoms with Crippen LogP contribution in [0, 0.1) is 0 Å². The number of aromatic hydroxyl groups is 1. The number of benzene rings is 1. The third kappa shape index (κ3) is 4.47. The Balaban J connectivity index is 2.01. The quantitative estimate of drug-likeness (QED) is 0.642. The van der Waals surface area contributed by atoms with Gasteiger partial charge in [0.25, 0.3) is 5.89 Å². The van der Waals surface area contributed by atoms with Crippen molar-refractivity contribution >= 4 is 40.6 Å². The maximum Gasteiger partial charge on any atom is 0.254 e. The molecule has 0 amide bonds. The Morgan fingerprint density at radius 2 is 2.30 bits per heavy atom. The molecular weight excluding hydrogens is 392 g/mol. The summed E-state index contributed by atoms with van der Waals surface area (Å²) in [7, 11) is 0. The molecule has 1 aromatic carbocycles. The van der Waals surface area contributed by atoms with Crippen LogP contribution in [-0.4, -0.2) is 27.8 Å². The highest BCUT2D eigenvalue weighted by Crippen LogP contribution is 2.36. The Bertz CT molecular complexity index is 982. The van der Waals surface area contributed by atoms with E-state index in [2.05, 4.69) is 10.1 Å². The number of carbonyl (C=O) groups excluding carboxylic acids is 1. The summed E-state index contributed by atoms with van der Waals surface area (Å²) < 4.78 is 10.6. The molecule has 0 radical (unpaired) electrons. The van der Waals surface area contributed by atoms with E-state index >= 15 is 0 Å². The van der Waals surface area contributed by atoms with Crippen LogP contribution in [0.15, 0.2) is 33.5 Å². The number of aromatic nitrogens is 2. The van der Waals surface area contributed by atoms with Gasteiger partial charge in [-0.15, -0.1) is 0 Å². The normalized spacial score (nSPS) is 11.6.